The number of amides is 1. The molecule has 1 aromatic rings. The summed E-state index contributed by atoms with van der Waals surface area (Å²) in [6.07, 6.45) is -0.0296. The van der Waals surface area contributed by atoms with Crippen LogP contribution in [0.1, 0.15) is 18.1 Å². The van der Waals surface area contributed by atoms with Crippen molar-refractivity contribution >= 4 is 11.9 Å². The maximum absolute atomic E-state index is 11.8. The number of hydrogen-bond acceptors (Lipinski definition) is 3. The number of carbonyl (C=O) groups is 2. The molecule has 1 unspecified atom stereocenters. The zero-order valence-electron chi connectivity index (χ0n) is 11.3. The van der Waals surface area contributed by atoms with Crippen LogP contribution in [-0.4, -0.2) is 30.6 Å². The third-order valence-electron chi connectivity index (χ3n) is 2.87. The van der Waals surface area contributed by atoms with Gasteiger partial charge in [-0.3, -0.25) is 9.59 Å². The van der Waals surface area contributed by atoms with Gasteiger partial charge in [-0.15, -0.1) is 0 Å². The molecular weight excluding hydrogens is 244 g/mol. The zero-order valence-corrected chi connectivity index (χ0v) is 11.3. The molecule has 0 fully saturated rings. The van der Waals surface area contributed by atoms with Crippen LogP contribution in [0.25, 0.3) is 0 Å². The van der Waals surface area contributed by atoms with E-state index in [4.69, 9.17) is 5.11 Å². The summed E-state index contributed by atoms with van der Waals surface area (Å²) in [5.74, 6) is -1.03. The molecule has 3 N–H and O–H groups in total. The largest absolute Gasteiger partial charge is 0.481 e. The lowest BCUT2D eigenvalue weighted by Crippen LogP contribution is -2.34. The summed E-state index contributed by atoms with van der Waals surface area (Å²) in [5, 5.41) is 14.6. The van der Waals surface area contributed by atoms with Crippen molar-refractivity contribution in [3.8, 4) is 0 Å². The highest BCUT2D eigenvalue weighted by Crippen LogP contribution is 2.09. The highest BCUT2D eigenvalue weighted by molar-refractivity contribution is 5.78. The maximum atomic E-state index is 11.8. The van der Waals surface area contributed by atoms with E-state index in [1.807, 2.05) is 19.1 Å². The van der Waals surface area contributed by atoms with E-state index in [0.29, 0.717) is 13.1 Å². The molecule has 0 bridgehead atoms. The summed E-state index contributed by atoms with van der Waals surface area (Å²) >= 11 is 0. The number of hydrogen-bond donors (Lipinski definition) is 3. The van der Waals surface area contributed by atoms with Gasteiger partial charge in [0.2, 0.25) is 5.91 Å². The van der Waals surface area contributed by atoms with Gasteiger partial charge in [-0.1, -0.05) is 31.2 Å². The summed E-state index contributed by atoms with van der Waals surface area (Å²) in [6.45, 7) is 2.81. The summed E-state index contributed by atoms with van der Waals surface area (Å²) in [7, 11) is 1.80. The van der Waals surface area contributed by atoms with Crippen LogP contribution in [0.3, 0.4) is 0 Å². The van der Waals surface area contributed by atoms with E-state index >= 15 is 0 Å². The number of nitrogens with one attached hydrogen (secondary N) is 2. The third-order valence-corrected chi connectivity index (χ3v) is 2.87. The Bertz CT molecular complexity index is 446. The Morgan fingerprint density at radius 1 is 1.26 bits per heavy atom. The average molecular weight is 264 g/mol. The molecule has 0 heterocycles. The molecule has 1 rings (SSSR count). The Labute approximate surface area is 113 Å². The molecule has 0 aliphatic rings. The molecule has 0 saturated carbocycles. The van der Waals surface area contributed by atoms with Crippen molar-refractivity contribution in [2.24, 2.45) is 5.92 Å². The van der Waals surface area contributed by atoms with Gasteiger partial charge in [-0.05, 0) is 18.2 Å². The maximum Gasteiger partial charge on any atom is 0.307 e. The molecule has 5 heteroatoms. The first kappa shape index (κ1) is 15.2. The van der Waals surface area contributed by atoms with Crippen molar-refractivity contribution < 1.29 is 14.7 Å². The SMILES string of the molecule is CNCC(C)C(=O)NCc1ccccc1CC(=O)O. The van der Waals surface area contributed by atoms with Gasteiger partial charge in [0.15, 0.2) is 0 Å². The number of rotatable bonds is 7. The lowest BCUT2D eigenvalue weighted by Gasteiger charge is -2.13. The van der Waals surface area contributed by atoms with Crippen LogP contribution < -0.4 is 10.6 Å². The standard InChI is InChI=1S/C14H20N2O3/c1-10(8-15-2)14(19)16-9-12-6-4-3-5-11(12)7-13(17)18/h3-6,10,15H,7-9H2,1-2H3,(H,16,19)(H,17,18). The number of carboxylic acids is 1. The molecule has 0 saturated heterocycles. The normalized spacial score (nSPS) is 11.9. The van der Waals surface area contributed by atoms with Gasteiger partial charge < -0.3 is 15.7 Å². The second kappa shape index (κ2) is 7.53. The Morgan fingerprint density at radius 3 is 2.47 bits per heavy atom. The molecule has 0 aromatic heterocycles. The third kappa shape index (κ3) is 5.09. The lowest BCUT2D eigenvalue weighted by atomic mass is 10.0. The quantitative estimate of drug-likeness (QED) is 0.680. The Morgan fingerprint density at radius 2 is 1.89 bits per heavy atom. The van der Waals surface area contributed by atoms with Crippen LogP contribution in [0.4, 0.5) is 0 Å². The molecule has 1 aromatic carbocycles. The number of aliphatic carboxylic acids is 1. The topological polar surface area (TPSA) is 78.4 Å². The molecular formula is C14H20N2O3. The van der Waals surface area contributed by atoms with E-state index < -0.39 is 5.97 Å². The van der Waals surface area contributed by atoms with E-state index in [2.05, 4.69) is 10.6 Å². The molecule has 0 aliphatic heterocycles. The van der Waals surface area contributed by atoms with Gasteiger partial charge >= 0.3 is 5.97 Å². The molecule has 19 heavy (non-hydrogen) atoms. The fourth-order valence-electron chi connectivity index (χ4n) is 1.82. The van der Waals surface area contributed by atoms with E-state index in [-0.39, 0.29) is 18.2 Å². The van der Waals surface area contributed by atoms with E-state index in [9.17, 15) is 9.59 Å². The van der Waals surface area contributed by atoms with Crippen molar-refractivity contribution in [3.05, 3.63) is 35.4 Å². The highest BCUT2D eigenvalue weighted by atomic mass is 16.4. The first-order valence-corrected chi connectivity index (χ1v) is 6.25. The van der Waals surface area contributed by atoms with Gasteiger partial charge in [0, 0.05) is 19.0 Å². The molecule has 1 amide bonds. The Kier molecular flexibility index (Phi) is 6.02. The van der Waals surface area contributed by atoms with Crippen LogP contribution >= 0.6 is 0 Å². The molecule has 0 spiro atoms. The zero-order chi connectivity index (χ0) is 14.3. The van der Waals surface area contributed by atoms with Crippen LogP contribution in [0.2, 0.25) is 0 Å². The summed E-state index contributed by atoms with van der Waals surface area (Å²) in [5.41, 5.74) is 1.58. The molecule has 1 atom stereocenters. The lowest BCUT2D eigenvalue weighted by molar-refractivity contribution is -0.136. The molecule has 0 aliphatic carbocycles. The first-order chi connectivity index (χ1) is 9.04. The second-order valence-corrected chi connectivity index (χ2v) is 4.52. The smallest absolute Gasteiger partial charge is 0.307 e. The summed E-state index contributed by atoms with van der Waals surface area (Å²) < 4.78 is 0. The summed E-state index contributed by atoms with van der Waals surface area (Å²) in [4.78, 5) is 22.5. The van der Waals surface area contributed by atoms with Crippen LogP contribution in [0.5, 0.6) is 0 Å². The molecule has 5 nitrogen and oxygen atoms in total. The average Bonchev–Trinajstić information content (AvgIpc) is 2.37. The first-order valence-electron chi connectivity index (χ1n) is 6.25. The van der Waals surface area contributed by atoms with Gasteiger partial charge in [0.05, 0.1) is 6.42 Å². The van der Waals surface area contributed by atoms with Crippen LogP contribution in [0.15, 0.2) is 24.3 Å². The van der Waals surface area contributed by atoms with Crippen molar-refractivity contribution in [2.75, 3.05) is 13.6 Å². The minimum Gasteiger partial charge on any atom is -0.481 e. The van der Waals surface area contributed by atoms with Crippen LogP contribution in [0, 0.1) is 5.92 Å². The monoisotopic (exact) mass is 264 g/mol. The Hall–Kier alpha value is -1.88. The predicted octanol–water partition coefficient (Wildman–Crippen LogP) is 0.785. The number of benzene rings is 1. The summed E-state index contributed by atoms with van der Waals surface area (Å²) in [6, 6.07) is 7.24. The van der Waals surface area contributed by atoms with Crippen LogP contribution in [-0.2, 0) is 22.6 Å². The minimum absolute atomic E-state index is 0.0296. The minimum atomic E-state index is -0.873. The van der Waals surface area contributed by atoms with Crippen molar-refractivity contribution in [2.45, 2.75) is 19.9 Å². The number of carbonyl (C=O) groups excluding carboxylic acids is 1. The van der Waals surface area contributed by atoms with Gasteiger partial charge in [-0.25, -0.2) is 0 Å². The van der Waals surface area contributed by atoms with E-state index in [1.165, 1.54) is 0 Å². The van der Waals surface area contributed by atoms with Crippen molar-refractivity contribution in [1.29, 1.82) is 0 Å². The van der Waals surface area contributed by atoms with Crippen molar-refractivity contribution in [3.63, 3.8) is 0 Å². The van der Waals surface area contributed by atoms with Gasteiger partial charge in [0.25, 0.3) is 0 Å². The fraction of sp³-hybridized carbons (Fsp3) is 0.429. The highest BCUT2D eigenvalue weighted by Gasteiger charge is 2.12. The van der Waals surface area contributed by atoms with E-state index in [0.717, 1.165) is 11.1 Å². The molecule has 104 valence electrons. The van der Waals surface area contributed by atoms with Gasteiger partial charge in [-0.2, -0.15) is 0 Å². The Balaban J connectivity index is 2.62. The van der Waals surface area contributed by atoms with Gasteiger partial charge in [0.1, 0.15) is 0 Å². The predicted molar refractivity (Wildman–Crippen MR) is 72.7 cm³/mol. The fourth-order valence-corrected chi connectivity index (χ4v) is 1.82. The van der Waals surface area contributed by atoms with Crippen molar-refractivity contribution in [1.82, 2.24) is 10.6 Å². The number of carboxylic acid groups (broad SMARTS) is 1. The molecule has 0 radical (unpaired) electrons. The van der Waals surface area contributed by atoms with E-state index in [1.54, 1.807) is 19.2 Å². The second-order valence-electron chi connectivity index (χ2n) is 4.52.